The third kappa shape index (κ3) is 1.88. The molecule has 0 aromatic carbocycles. The maximum absolute atomic E-state index is 11.1. The Hall–Kier alpha value is -2.31. The van der Waals surface area contributed by atoms with Crippen molar-refractivity contribution in [2.75, 3.05) is 7.11 Å². The fraction of sp³-hybridized carbons (Fsp3) is 0.222. The van der Waals surface area contributed by atoms with Gasteiger partial charge in [0.1, 0.15) is 6.33 Å². The summed E-state index contributed by atoms with van der Waals surface area (Å²) in [5.41, 5.74) is 0.945. The molecule has 0 N–H and O–H groups in total. The smallest absolute Gasteiger partial charge is 0.377 e. The number of aromatic nitrogens is 5. The lowest BCUT2D eigenvalue weighted by atomic mass is 10.3. The Bertz CT molecular complexity index is 522. The number of rotatable bonds is 2. The molecule has 0 saturated heterocycles. The van der Waals surface area contributed by atoms with Crippen LogP contribution in [0.2, 0.25) is 0 Å². The molecule has 2 rings (SSSR count). The average molecular weight is 219 g/mol. The molecule has 0 saturated carbocycles. The number of carbonyl (C=O) groups excluding carboxylic acids is 1. The van der Waals surface area contributed by atoms with Gasteiger partial charge in [0.25, 0.3) is 5.82 Å². The van der Waals surface area contributed by atoms with E-state index in [9.17, 15) is 4.79 Å². The summed E-state index contributed by atoms with van der Waals surface area (Å²) >= 11 is 0. The molecular weight excluding hydrogens is 210 g/mol. The van der Waals surface area contributed by atoms with Crippen LogP contribution in [-0.2, 0) is 4.74 Å². The maximum Gasteiger partial charge on any atom is 0.377 e. The van der Waals surface area contributed by atoms with Crippen molar-refractivity contribution in [3.8, 4) is 5.82 Å². The second-order valence-corrected chi connectivity index (χ2v) is 3.10. The Morgan fingerprint density at radius 2 is 2.31 bits per heavy atom. The summed E-state index contributed by atoms with van der Waals surface area (Å²) < 4.78 is 5.86. The SMILES string of the molecule is COC(=O)c1ncn(-c2cc(C)cnn2)n1. The molecule has 0 atom stereocenters. The lowest BCUT2D eigenvalue weighted by Crippen LogP contribution is -2.06. The number of ether oxygens (including phenoxy) is 1. The zero-order chi connectivity index (χ0) is 11.5. The second-order valence-electron chi connectivity index (χ2n) is 3.10. The first-order valence-electron chi connectivity index (χ1n) is 4.50. The number of carbonyl (C=O) groups is 1. The summed E-state index contributed by atoms with van der Waals surface area (Å²) in [7, 11) is 1.27. The van der Waals surface area contributed by atoms with Crippen molar-refractivity contribution in [1.82, 2.24) is 25.0 Å². The lowest BCUT2D eigenvalue weighted by molar-refractivity contribution is 0.0587. The molecule has 7 heteroatoms. The summed E-state index contributed by atoms with van der Waals surface area (Å²) in [5.74, 6) is -0.0900. The van der Waals surface area contributed by atoms with E-state index >= 15 is 0 Å². The largest absolute Gasteiger partial charge is 0.463 e. The van der Waals surface area contributed by atoms with Gasteiger partial charge in [0, 0.05) is 0 Å². The highest BCUT2D eigenvalue weighted by atomic mass is 16.5. The zero-order valence-corrected chi connectivity index (χ0v) is 8.78. The van der Waals surface area contributed by atoms with E-state index in [1.165, 1.54) is 18.1 Å². The first kappa shape index (κ1) is 10.2. The van der Waals surface area contributed by atoms with E-state index in [4.69, 9.17) is 0 Å². The Balaban J connectivity index is 2.35. The van der Waals surface area contributed by atoms with Gasteiger partial charge in [0.2, 0.25) is 0 Å². The lowest BCUT2D eigenvalue weighted by Gasteiger charge is -1.97. The molecule has 0 spiro atoms. The fourth-order valence-corrected chi connectivity index (χ4v) is 1.12. The number of nitrogens with zero attached hydrogens (tertiary/aromatic N) is 5. The quantitative estimate of drug-likeness (QED) is 0.669. The van der Waals surface area contributed by atoms with Crippen LogP contribution in [0.25, 0.3) is 5.82 Å². The van der Waals surface area contributed by atoms with Crippen molar-refractivity contribution >= 4 is 5.97 Å². The highest BCUT2D eigenvalue weighted by Gasteiger charge is 2.12. The van der Waals surface area contributed by atoms with Gasteiger partial charge < -0.3 is 4.74 Å². The predicted molar refractivity (Wildman–Crippen MR) is 53.0 cm³/mol. The normalized spacial score (nSPS) is 10.1. The Morgan fingerprint density at radius 1 is 1.50 bits per heavy atom. The highest BCUT2D eigenvalue weighted by Crippen LogP contribution is 2.03. The minimum absolute atomic E-state index is 0.00851. The molecule has 0 unspecified atom stereocenters. The minimum atomic E-state index is -0.584. The third-order valence-corrected chi connectivity index (χ3v) is 1.87. The molecule has 0 aliphatic heterocycles. The van der Waals surface area contributed by atoms with Crippen LogP contribution in [-0.4, -0.2) is 38.0 Å². The van der Waals surface area contributed by atoms with Crippen LogP contribution in [0.5, 0.6) is 0 Å². The van der Waals surface area contributed by atoms with Crippen molar-refractivity contribution in [1.29, 1.82) is 0 Å². The summed E-state index contributed by atoms with van der Waals surface area (Å²) in [6.07, 6.45) is 3.01. The van der Waals surface area contributed by atoms with Gasteiger partial charge in [0.15, 0.2) is 5.82 Å². The van der Waals surface area contributed by atoms with Gasteiger partial charge in [-0.05, 0) is 18.6 Å². The van der Waals surface area contributed by atoms with Crippen molar-refractivity contribution in [2.45, 2.75) is 6.92 Å². The molecule has 16 heavy (non-hydrogen) atoms. The number of hydrogen-bond donors (Lipinski definition) is 0. The van der Waals surface area contributed by atoms with E-state index in [1.54, 1.807) is 12.3 Å². The van der Waals surface area contributed by atoms with E-state index in [-0.39, 0.29) is 5.82 Å². The molecule has 2 aromatic heterocycles. The topological polar surface area (TPSA) is 82.8 Å². The molecule has 0 aliphatic carbocycles. The van der Waals surface area contributed by atoms with Crippen LogP contribution in [0.4, 0.5) is 0 Å². The molecule has 0 bridgehead atoms. The van der Waals surface area contributed by atoms with Gasteiger partial charge >= 0.3 is 5.97 Å². The minimum Gasteiger partial charge on any atom is -0.463 e. The first-order valence-corrected chi connectivity index (χ1v) is 4.50. The van der Waals surface area contributed by atoms with Crippen molar-refractivity contribution in [3.63, 3.8) is 0 Å². The van der Waals surface area contributed by atoms with Crippen molar-refractivity contribution < 1.29 is 9.53 Å². The third-order valence-electron chi connectivity index (χ3n) is 1.87. The Kier molecular flexibility index (Phi) is 2.59. The Morgan fingerprint density at radius 3 is 3.00 bits per heavy atom. The monoisotopic (exact) mass is 219 g/mol. The van der Waals surface area contributed by atoms with E-state index in [0.717, 1.165) is 5.56 Å². The molecule has 0 fully saturated rings. The summed E-state index contributed by atoms with van der Waals surface area (Å²) in [6, 6.07) is 1.78. The second kappa shape index (κ2) is 4.05. The standard InChI is InChI=1S/C9H9N5O2/c1-6-3-7(12-11-4-6)14-5-10-8(13-14)9(15)16-2/h3-5H,1-2H3. The summed E-state index contributed by atoms with van der Waals surface area (Å²) in [6.45, 7) is 1.89. The number of methoxy groups -OCH3 is 1. The van der Waals surface area contributed by atoms with Crippen molar-refractivity contribution in [2.24, 2.45) is 0 Å². The van der Waals surface area contributed by atoms with Crippen molar-refractivity contribution in [3.05, 3.63) is 30.0 Å². The van der Waals surface area contributed by atoms with Gasteiger partial charge in [-0.1, -0.05) is 0 Å². The van der Waals surface area contributed by atoms with E-state index in [0.29, 0.717) is 5.82 Å². The molecular formula is C9H9N5O2. The number of aryl methyl sites for hydroxylation is 1. The first-order chi connectivity index (χ1) is 7.70. The van der Waals surface area contributed by atoms with E-state index in [1.807, 2.05) is 6.92 Å². The zero-order valence-electron chi connectivity index (χ0n) is 8.78. The maximum atomic E-state index is 11.1. The van der Waals surface area contributed by atoms with Gasteiger partial charge in [-0.15, -0.1) is 10.2 Å². The van der Waals surface area contributed by atoms with Gasteiger partial charge in [-0.3, -0.25) is 0 Å². The van der Waals surface area contributed by atoms with Crippen LogP contribution in [0.15, 0.2) is 18.6 Å². The van der Waals surface area contributed by atoms with Crippen LogP contribution in [0, 0.1) is 6.92 Å². The molecule has 0 aliphatic rings. The number of esters is 1. The van der Waals surface area contributed by atoms with Gasteiger partial charge in [-0.2, -0.15) is 9.78 Å². The highest BCUT2D eigenvalue weighted by molar-refractivity contribution is 5.84. The summed E-state index contributed by atoms with van der Waals surface area (Å²) in [4.78, 5) is 14.9. The van der Waals surface area contributed by atoms with Gasteiger partial charge in [0.05, 0.1) is 13.3 Å². The molecule has 2 aromatic rings. The molecule has 2 heterocycles. The molecule has 0 amide bonds. The average Bonchev–Trinajstić information content (AvgIpc) is 2.77. The molecule has 7 nitrogen and oxygen atoms in total. The predicted octanol–water partition coefficient (Wildman–Crippen LogP) is 0.152. The molecule has 0 radical (unpaired) electrons. The van der Waals surface area contributed by atoms with Crippen LogP contribution < -0.4 is 0 Å². The fourth-order valence-electron chi connectivity index (χ4n) is 1.12. The van der Waals surface area contributed by atoms with Crippen LogP contribution in [0.3, 0.4) is 0 Å². The van der Waals surface area contributed by atoms with E-state index in [2.05, 4.69) is 25.0 Å². The van der Waals surface area contributed by atoms with Gasteiger partial charge in [-0.25, -0.2) is 9.78 Å². The Labute approximate surface area is 91.1 Å². The summed E-state index contributed by atoms with van der Waals surface area (Å²) in [5, 5.41) is 11.6. The molecule has 82 valence electrons. The van der Waals surface area contributed by atoms with E-state index < -0.39 is 5.97 Å². The van der Waals surface area contributed by atoms with Crippen LogP contribution in [0.1, 0.15) is 16.2 Å². The van der Waals surface area contributed by atoms with Crippen LogP contribution >= 0.6 is 0 Å². The number of hydrogen-bond acceptors (Lipinski definition) is 6.